The first kappa shape index (κ1) is 16.8. The van der Waals surface area contributed by atoms with Crippen LogP contribution >= 0.6 is 11.3 Å². The summed E-state index contributed by atoms with van der Waals surface area (Å²) in [5.74, 6) is 0. The Morgan fingerprint density at radius 1 is 1.15 bits per heavy atom. The molecule has 0 aliphatic carbocycles. The highest BCUT2D eigenvalue weighted by Gasteiger charge is 2.13. The number of nitrogens with one attached hydrogen (secondary N) is 1. The molecule has 0 aliphatic rings. The van der Waals surface area contributed by atoms with Gasteiger partial charge in [-0.1, -0.05) is 36.4 Å². The van der Waals surface area contributed by atoms with Gasteiger partial charge in [0, 0.05) is 22.7 Å². The first-order chi connectivity index (χ1) is 13.2. The van der Waals surface area contributed by atoms with E-state index in [2.05, 4.69) is 16.4 Å². The Labute approximate surface area is 158 Å². The molecular weight excluding hydrogens is 358 g/mol. The average molecular weight is 371 g/mol. The highest BCUT2D eigenvalue weighted by Crippen LogP contribution is 2.26. The van der Waals surface area contributed by atoms with Crippen LogP contribution in [0.4, 0.5) is 5.69 Å². The minimum Gasteiger partial charge on any atom is -0.422 e. The Kier molecular flexibility index (Phi) is 4.52. The minimum absolute atomic E-state index is 0.379. The van der Waals surface area contributed by atoms with Crippen molar-refractivity contribution in [2.75, 3.05) is 5.32 Å². The predicted octanol–water partition coefficient (Wildman–Crippen LogP) is 4.89. The second-order valence-electron chi connectivity index (χ2n) is 5.70. The maximum absolute atomic E-state index is 12.3. The lowest BCUT2D eigenvalue weighted by molar-refractivity contribution is 0.563. The number of benzene rings is 2. The molecule has 0 amide bonds. The summed E-state index contributed by atoms with van der Waals surface area (Å²) >= 11 is 1.30. The van der Waals surface area contributed by atoms with Crippen molar-refractivity contribution in [3.05, 3.63) is 87.7 Å². The lowest BCUT2D eigenvalue weighted by Crippen LogP contribution is -2.02. The van der Waals surface area contributed by atoms with Crippen molar-refractivity contribution in [3.8, 4) is 17.3 Å². The van der Waals surface area contributed by atoms with E-state index in [0.29, 0.717) is 27.4 Å². The van der Waals surface area contributed by atoms with Crippen LogP contribution in [0, 0.1) is 11.3 Å². The number of nitrogens with zero attached hydrogens (tertiary/aromatic N) is 2. The number of aromatic nitrogens is 1. The maximum atomic E-state index is 12.3. The zero-order valence-electron chi connectivity index (χ0n) is 14.0. The molecule has 0 aliphatic heterocycles. The van der Waals surface area contributed by atoms with Crippen molar-refractivity contribution in [2.45, 2.75) is 0 Å². The van der Waals surface area contributed by atoms with Crippen LogP contribution in [0.25, 0.3) is 27.8 Å². The topological polar surface area (TPSA) is 78.9 Å². The van der Waals surface area contributed by atoms with Gasteiger partial charge in [0.2, 0.25) is 0 Å². The molecule has 0 saturated heterocycles. The van der Waals surface area contributed by atoms with E-state index in [9.17, 15) is 10.1 Å². The van der Waals surface area contributed by atoms with E-state index < -0.39 is 5.63 Å². The number of thiazole rings is 1. The predicted molar refractivity (Wildman–Crippen MR) is 107 cm³/mol. The van der Waals surface area contributed by atoms with Gasteiger partial charge in [0.25, 0.3) is 0 Å². The lowest BCUT2D eigenvalue weighted by Gasteiger charge is -2.00. The fraction of sp³-hybridized carbons (Fsp3) is 0. The number of rotatable bonds is 4. The Morgan fingerprint density at radius 3 is 2.74 bits per heavy atom. The molecule has 2 aromatic heterocycles. The van der Waals surface area contributed by atoms with Crippen molar-refractivity contribution >= 4 is 33.6 Å². The van der Waals surface area contributed by atoms with Gasteiger partial charge < -0.3 is 9.73 Å². The van der Waals surface area contributed by atoms with E-state index in [4.69, 9.17) is 4.42 Å². The Bertz CT molecular complexity index is 1230. The fourth-order valence-electron chi connectivity index (χ4n) is 2.59. The molecule has 2 aromatic carbocycles. The van der Waals surface area contributed by atoms with E-state index >= 15 is 0 Å². The van der Waals surface area contributed by atoms with Gasteiger partial charge in [-0.15, -0.1) is 11.3 Å². The highest BCUT2D eigenvalue weighted by molar-refractivity contribution is 7.11. The summed E-state index contributed by atoms with van der Waals surface area (Å²) in [6.07, 6.45) is 1.61. The van der Waals surface area contributed by atoms with Crippen molar-refractivity contribution < 1.29 is 4.42 Å². The van der Waals surface area contributed by atoms with Crippen LogP contribution < -0.4 is 10.9 Å². The Balaban J connectivity index is 1.67. The van der Waals surface area contributed by atoms with Gasteiger partial charge in [-0.2, -0.15) is 5.26 Å². The number of nitriles is 1. The lowest BCUT2D eigenvalue weighted by atomic mass is 10.1. The van der Waals surface area contributed by atoms with Crippen LogP contribution in [-0.4, -0.2) is 4.98 Å². The van der Waals surface area contributed by atoms with Gasteiger partial charge in [0.1, 0.15) is 22.2 Å². The summed E-state index contributed by atoms with van der Waals surface area (Å²) in [5.41, 5.74) is 2.22. The summed E-state index contributed by atoms with van der Waals surface area (Å²) in [4.78, 5) is 16.8. The molecule has 1 N–H and O–H groups in total. The van der Waals surface area contributed by atoms with Crippen molar-refractivity contribution in [3.63, 3.8) is 0 Å². The van der Waals surface area contributed by atoms with E-state index in [-0.39, 0.29) is 0 Å². The Hall–Kier alpha value is -3.69. The molecule has 0 unspecified atom stereocenters. The van der Waals surface area contributed by atoms with Crippen molar-refractivity contribution in [1.29, 1.82) is 5.26 Å². The summed E-state index contributed by atoms with van der Waals surface area (Å²) < 4.78 is 5.37. The number of hydrogen-bond acceptors (Lipinski definition) is 6. The molecule has 130 valence electrons. The Morgan fingerprint density at radius 2 is 1.93 bits per heavy atom. The molecule has 6 heteroatoms. The molecular formula is C21H13N3O2S. The van der Waals surface area contributed by atoms with Crippen molar-refractivity contribution in [1.82, 2.24) is 4.98 Å². The minimum atomic E-state index is -0.449. The first-order valence-electron chi connectivity index (χ1n) is 8.15. The smallest absolute Gasteiger partial charge is 0.345 e. The van der Waals surface area contributed by atoms with E-state index in [0.717, 1.165) is 11.1 Å². The van der Waals surface area contributed by atoms with Crippen LogP contribution in [0.5, 0.6) is 0 Å². The molecule has 0 atom stereocenters. The molecule has 0 saturated carbocycles. The SMILES string of the molecule is N#C/C(=C\Nc1ccccc1)c1nc(-c2cc3ccccc3oc2=O)cs1. The van der Waals surface area contributed by atoms with E-state index in [1.54, 1.807) is 23.7 Å². The molecule has 27 heavy (non-hydrogen) atoms. The third-order valence-electron chi connectivity index (χ3n) is 3.93. The summed E-state index contributed by atoms with van der Waals surface area (Å²) in [6, 6.07) is 20.8. The zero-order valence-corrected chi connectivity index (χ0v) is 14.9. The van der Waals surface area contributed by atoms with Crippen LogP contribution in [0.1, 0.15) is 5.01 Å². The number of hydrogen-bond donors (Lipinski definition) is 1. The normalized spacial score (nSPS) is 11.3. The number of allylic oxidation sites excluding steroid dienone is 1. The standard InChI is InChI=1S/C21H13N3O2S/c22-11-15(12-23-16-7-2-1-3-8-16)20-24-18(13-27-20)17-10-14-6-4-5-9-19(14)26-21(17)25/h1-10,12-13,23H/b15-12+. The molecule has 0 bridgehead atoms. The fourth-order valence-corrected chi connectivity index (χ4v) is 3.38. The molecule has 0 radical (unpaired) electrons. The summed E-state index contributed by atoms with van der Waals surface area (Å²) in [5, 5.41) is 15.6. The van der Waals surface area contributed by atoms with Gasteiger partial charge in [-0.05, 0) is 24.3 Å². The van der Waals surface area contributed by atoms with Crippen LogP contribution in [0.2, 0.25) is 0 Å². The number of para-hydroxylation sites is 2. The quantitative estimate of drug-likeness (QED) is 0.408. The molecule has 0 fully saturated rings. The van der Waals surface area contributed by atoms with Crippen molar-refractivity contribution in [2.24, 2.45) is 0 Å². The first-order valence-corrected chi connectivity index (χ1v) is 9.03. The average Bonchev–Trinajstić information content (AvgIpc) is 3.18. The number of fused-ring (bicyclic) bond motifs is 1. The van der Waals surface area contributed by atoms with E-state index in [1.165, 1.54) is 11.3 Å². The van der Waals surface area contributed by atoms with Gasteiger partial charge in [0.15, 0.2) is 0 Å². The number of anilines is 1. The molecule has 5 nitrogen and oxygen atoms in total. The monoisotopic (exact) mass is 371 g/mol. The highest BCUT2D eigenvalue weighted by atomic mass is 32.1. The zero-order chi connectivity index (χ0) is 18.6. The van der Waals surface area contributed by atoms with E-state index in [1.807, 2.05) is 48.5 Å². The molecule has 4 aromatic rings. The van der Waals surface area contributed by atoms with Crippen LogP contribution in [0.3, 0.4) is 0 Å². The summed E-state index contributed by atoms with van der Waals surface area (Å²) in [7, 11) is 0. The molecule has 0 spiro atoms. The van der Waals surface area contributed by atoms with Gasteiger partial charge in [0.05, 0.1) is 11.3 Å². The largest absolute Gasteiger partial charge is 0.422 e. The third-order valence-corrected chi connectivity index (χ3v) is 4.80. The third kappa shape index (κ3) is 3.50. The van der Waals surface area contributed by atoms with Crippen LogP contribution in [-0.2, 0) is 0 Å². The molecule has 4 rings (SSSR count). The van der Waals surface area contributed by atoms with Crippen LogP contribution in [0.15, 0.2) is 81.5 Å². The second-order valence-corrected chi connectivity index (χ2v) is 6.56. The summed E-state index contributed by atoms with van der Waals surface area (Å²) in [6.45, 7) is 0. The maximum Gasteiger partial charge on any atom is 0.345 e. The van der Waals surface area contributed by atoms with Gasteiger partial charge in [-0.25, -0.2) is 9.78 Å². The second kappa shape index (κ2) is 7.28. The van der Waals surface area contributed by atoms with Gasteiger partial charge in [-0.3, -0.25) is 0 Å². The molecule has 2 heterocycles. The van der Waals surface area contributed by atoms with Gasteiger partial charge >= 0.3 is 5.63 Å².